The van der Waals surface area contributed by atoms with Crippen molar-refractivity contribution in [2.24, 2.45) is 0 Å². The van der Waals surface area contributed by atoms with Crippen molar-refractivity contribution in [1.29, 1.82) is 0 Å². The average Bonchev–Trinajstić information content (AvgIpc) is 3.16. The molecule has 3 aromatic rings. The number of aryl methyl sites for hydroxylation is 2. The van der Waals surface area contributed by atoms with Crippen LogP contribution in [0.2, 0.25) is 0 Å². The number of thioether (sulfide) groups is 1. The maximum atomic E-state index is 12.2. The van der Waals surface area contributed by atoms with Crippen molar-refractivity contribution in [3.63, 3.8) is 0 Å². The van der Waals surface area contributed by atoms with Crippen molar-refractivity contribution in [1.82, 2.24) is 15.5 Å². The molecule has 3 rings (SSSR count). The molecule has 1 N–H and O–H groups in total. The van der Waals surface area contributed by atoms with E-state index in [1.165, 1.54) is 22.9 Å². The second kappa shape index (κ2) is 8.86. The summed E-state index contributed by atoms with van der Waals surface area (Å²) in [6.45, 7) is 6.13. The van der Waals surface area contributed by atoms with Crippen LogP contribution in [0, 0.1) is 6.92 Å². The number of amides is 1. The highest BCUT2D eigenvalue weighted by atomic mass is 32.2. The van der Waals surface area contributed by atoms with Gasteiger partial charge in [0.1, 0.15) is 0 Å². The Morgan fingerprint density at radius 2 is 1.81 bits per heavy atom. The molecule has 6 heteroatoms. The molecule has 0 saturated heterocycles. The van der Waals surface area contributed by atoms with Gasteiger partial charge in [-0.25, -0.2) is 0 Å². The smallest absolute Gasteiger partial charge is 0.277 e. The first-order valence-electron chi connectivity index (χ1n) is 8.96. The molecule has 0 fully saturated rings. The molecule has 1 heterocycles. The summed E-state index contributed by atoms with van der Waals surface area (Å²) in [5, 5.41) is 11.4. The van der Waals surface area contributed by atoms with Crippen molar-refractivity contribution in [2.75, 3.05) is 5.75 Å². The molecule has 1 atom stereocenters. The monoisotopic (exact) mass is 381 g/mol. The minimum atomic E-state index is -0.0675. The van der Waals surface area contributed by atoms with E-state index < -0.39 is 0 Å². The van der Waals surface area contributed by atoms with E-state index in [2.05, 4.69) is 46.7 Å². The molecule has 0 unspecified atom stereocenters. The highest BCUT2D eigenvalue weighted by molar-refractivity contribution is 7.99. The van der Waals surface area contributed by atoms with E-state index in [4.69, 9.17) is 4.42 Å². The molecule has 1 aromatic heterocycles. The van der Waals surface area contributed by atoms with Crippen molar-refractivity contribution < 1.29 is 9.21 Å². The van der Waals surface area contributed by atoms with Gasteiger partial charge in [-0.3, -0.25) is 4.79 Å². The molecule has 0 aliphatic rings. The predicted molar refractivity (Wildman–Crippen MR) is 108 cm³/mol. The minimum Gasteiger partial charge on any atom is -0.411 e. The summed E-state index contributed by atoms with van der Waals surface area (Å²) in [4.78, 5) is 12.2. The van der Waals surface area contributed by atoms with Gasteiger partial charge in [-0.15, -0.1) is 10.2 Å². The molecule has 0 aliphatic carbocycles. The van der Waals surface area contributed by atoms with Gasteiger partial charge in [0.2, 0.25) is 11.8 Å². The Hall–Kier alpha value is -2.60. The second-order valence-electron chi connectivity index (χ2n) is 6.41. The molecule has 5 nitrogen and oxygen atoms in total. The molecular weight excluding hydrogens is 358 g/mol. The summed E-state index contributed by atoms with van der Waals surface area (Å²) in [6.07, 6.45) is 1.01. The van der Waals surface area contributed by atoms with Gasteiger partial charge in [-0.1, -0.05) is 60.6 Å². The molecular formula is C21H23N3O2S. The van der Waals surface area contributed by atoms with Crippen LogP contribution in [-0.4, -0.2) is 21.9 Å². The number of carbonyl (C=O) groups excluding carboxylic acids is 1. The average molecular weight is 382 g/mol. The number of carbonyl (C=O) groups is 1. The first-order valence-corrected chi connectivity index (χ1v) is 9.95. The van der Waals surface area contributed by atoms with Gasteiger partial charge in [0, 0.05) is 5.56 Å². The number of hydrogen-bond acceptors (Lipinski definition) is 5. The Labute approximate surface area is 163 Å². The summed E-state index contributed by atoms with van der Waals surface area (Å²) < 4.78 is 5.64. The molecule has 0 spiro atoms. The maximum Gasteiger partial charge on any atom is 0.277 e. The van der Waals surface area contributed by atoms with Crippen molar-refractivity contribution >= 4 is 17.7 Å². The Balaban J connectivity index is 1.52. The fourth-order valence-electron chi connectivity index (χ4n) is 2.62. The number of rotatable bonds is 7. The van der Waals surface area contributed by atoms with E-state index in [0.29, 0.717) is 11.1 Å². The SMILES string of the molecule is CCc1ccc([C@H](C)NC(=O)CSc2nnc(-c3ccc(C)cc3)o2)cc1. The van der Waals surface area contributed by atoms with Gasteiger partial charge in [0.15, 0.2) is 0 Å². The van der Waals surface area contributed by atoms with Gasteiger partial charge < -0.3 is 9.73 Å². The van der Waals surface area contributed by atoms with Crippen LogP contribution < -0.4 is 5.32 Å². The molecule has 0 aliphatic heterocycles. The zero-order valence-electron chi connectivity index (χ0n) is 15.7. The van der Waals surface area contributed by atoms with E-state index in [9.17, 15) is 4.79 Å². The van der Waals surface area contributed by atoms with Gasteiger partial charge in [-0.2, -0.15) is 0 Å². The Bertz CT molecular complexity index is 889. The lowest BCUT2D eigenvalue weighted by molar-refractivity contribution is -0.119. The molecule has 27 heavy (non-hydrogen) atoms. The van der Waals surface area contributed by atoms with Gasteiger partial charge in [-0.05, 0) is 43.5 Å². The Kier molecular flexibility index (Phi) is 6.29. The summed E-state index contributed by atoms with van der Waals surface area (Å²) in [5.41, 5.74) is 4.41. The lowest BCUT2D eigenvalue weighted by Crippen LogP contribution is -2.28. The number of aromatic nitrogens is 2. The second-order valence-corrected chi connectivity index (χ2v) is 7.34. The van der Waals surface area contributed by atoms with Crippen LogP contribution in [0.3, 0.4) is 0 Å². The topological polar surface area (TPSA) is 68.0 Å². The third-order valence-corrected chi connectivity index (χ3v) is 5.12. The van der Waals surface area contributed by atoms with Crippen LogP contribution in [0.15, 0.2) is 58.2 Å². The Morgan fingerprint density at radius 3 is 2.48 bits per heavy atom. The van der Waals surface area contributed by atoms with Crippen LogP contribution in [0.1, 0.15) is 36.6 Å². The normalized spacial score (nSPS) is 12.0. The number of benzene rings is 2. The minimum absolute atomic E-state index is 0.0465. The Morgan fingerprint density at radius 1 is 1.11 bits per heavy atom. The molecule has 0 radical (unpaired) electrons. The van der Waals surface area contributed by atoms with Gasteiger partial charge in [0.05, 0.1) is 11.8 Å². The van der Waals surface area contributed by atoms with Crippen molar-refractivity contribution in [3.8, 4) is 11.5 Å². The maximum absolute atomic E-state index is 12.2. The highest BCUT2D eigenvalue weighted by Crippen LogP contribution is 2.23. The molecule has 2 aromatic carbocycles. The van der Waals surface area contributed by atoms with Crippen LogP contribution in [0.25, 0.3) is 11.5 Å². The van der Waals surface area contributed by atoms with E-state index in [1.54, 1.807) is 0 Å². The van der Waals surface area contributed by atoms with Gasteiger partial charge in [0.25, 0.3) is 5.22 Å². The van der Waals surface area contributed by atoms with Crippen LogP contribution in [0.5, 0.6) is 0 Å². The highest BCUT2D eigenvalue weighted by Gasteiger charge is 2.13. The first-order chi connectivity index (χ1) is 13.0. The summed E-state index contributed by atoms with van der Waals surface area (Å²) in [5.74, 6) is 0.622. The van der Waals surface area contributed by atoms with Gasteiger partial charge >= 0.3 is 0 Å². The standard InChI is InChI=1S/C21H23N3O2S/c1-4-16-7-11-17(12-8-16)15(3)22-19(25)13-27-21-24-23-20(26-21)18-9-5-14(2)6-10-18/h5-12,15H,4,13H2,1-3H3,(H,22,25)/t15-/m0/s1. The quantitative estimate of drug-likeness (QED) is 0.607. The van der Waals surface area contributed by atoms with E-state index in [-0.39, 0.29) is 17.7 Å². The molecule has 0 bridgehead atoms. The molecule has 0 saturated carbocycles. The molecule has 140 valence electrons. The largest absolute Gasteiger partial charge is 0.411 e. The first kappa shape index (κ1) is 19.2. The fourth-order valence-corrected chi connectivity index (χ4v) is 3.19. The molecule has 1 amide bonds. The van der Waals surface area contributed by atoms with E-state index >= 15 is 0 Å². The van der Waals surface area contributed by atoms with E-state index in [1.807, 2.05) is 38.1 Å². The summed E-state index contributed by atoms with van der Waals surface area (Å²) in [7, 11) is 0. The third-order valence-electron chi connectivity index (χ3n) is 4.30. The van der Waals surface area contributed by atoms with Crippen molar-refractivity contribution in [2.45, 2.75) is 38.5 Å². The van der Waals surface area contributed by atoms with E-state index in [0.717, 1.165) is 17.5 Å². The summed E-state index contributed by atoms with van der Waals surface area (Å²) >= 11 is 1.24. The number of nitrogens with zero attached hydrogens (tertiary/aromatic N) is 2. The fraction of sp³-hybridized carbons (Fsp3) is 0.286. The third kappa shape index (κ3) is 5.20. The van der Waals surface area contributed by atoms with Crippen LogP contribution in [-0.2, 0) is 11.2 Å². The predicted octanol–water partition coefficient (Wildman–Crippen LogP) is 4.58. The zero-order chi connectivity index (χ0) is 19.2. The number of hydrogen-bond donors (Lipinski definition) is 1. The van der Waals surface area contributed by atoms with Crippen molar-refractivity contribution in [3.05, 3.63) is 65.2 Å². The van der Waals surface area contributed by atoms with Crippen LogP contribution >= 0.6 is 11.8 Å². The zero-order valence-corrected chi connectivity index (χ0v) is 16.5. The lowest BCUT2D eigenvalue weighted by Gasteiger charge is -2.14. The lowest BCUT2D eigenvalue weighted by atomic mass is 10.1. The number of nitrogens with one attached hydrogen (secondary N) is 1. The summed E-state index contributed by atoms with van der Waals surface area (Å²) in [6, 6.07) is 16.1. The van der Waals surface area contributed by atoms with Crippen LogP contribution in [0.4, 0.5) is 0 Å².